The van der Waals surface area contributed by atoms with Gasteiger partial charge in [0.1, 0.15) is 0 Å². The standard InChI is InChI=1S/C24H27N3O2/c1-16-21(20-9-5-6-10-22(20)25-16)12-24(28)26-18-11-19-15-29-23(14-27(19)13-18)17-7-3-2-4-8-17/h2-10,18-19,23,25H,11-15H2,1H3,(H,26,28)/t18-,19+,23-/m1/s1. The van der Waals surface area contributed by atoms with Crippen LogP contribution in [0.4, 0.5) is 0 Å². The molecule has 1 amide bonds. The molecule has 0 unspecified atom stereocenters. The number of hydrogen-bond acceptors (Lipinski definition) is 3. The zero-order valence-electron chi connectivity index (χ0n) is 16.7. The van der Waals surface area contributed by atoms with Crippen molar-refractivity contribution < 1.29 is 9.53 Å². The van der Waals surface area contributed by atoms with E-state index in [0.29, 0.717) is 12.5 Å². The summed E-state index contributed by atoms with van der Waals surface area (Å²) in [7, 11) is 0. The van der Waals surface area contributed by atoms with Crippen molar-refractivity contribution in [3.63, 3.8) is 0 Å². The Labute approximate surface area is 171 Å². The van der Waals surface area contributed by atoms with E-state index in [1.54, 1.807) is 0 Å². The number of nitrogens with zero attached hydrogens (tertiary/aromatic N) is 1. The maximum absolute atomic E-state index is 12.8. The van der Waals surface area contributed by atoms with Crippen LogP contribution in [0.15, 0.2) is 54.6 Å². The molecular weight excluding hydrogens is 362 g/mol. The Hall–Kier alpha value is -2.63. The minimum Gasteiger partial charge on any atom is -0.371 e. The highest BCUT2D eigenvalue weighted by Gasteiger charge is 2.38. The Bertz CT molecular complexity index is 1010. The molecule has 2 saturated heterocycles. The molecule has 3 aromatic rings. The van der Waals surface area contributed by atoms with Gasteiger partial charge >= 0.3 is 0 Å². The summed E-state index contributed by atoms with van der Waals surface area (Å²) in [4.78, 5) is 18.6. The van der Waals surface area contributed by atoms with E-state index in [1.165, 1.54) is 5.56 Å². The molecule has 5 nitrogen and oxygen atoms in total. The van der Waals surface area contributed by atoms with E-state index in [2.05, 4.69) is 51.6 Å². The monoisotopic (exact) mass is 389 g/mol. The number of H-pyrrole nitrogens is 1. The van der Waals surface area contributed by atoms with Gasteiger partial charge in [0.25, 0.3) is 0 Å². The third kappa shape index (κ3) is 3.68. The molecule has 0 radical (unpaired) electrons. The van der Waals surface area contributed by atoms with Crippen molar-refractivity contribution in [3.8, 4) is 0 Å². The lowest BCUT2D eigenvalue weighted by atomic mass is 10.1. The van der Waals surface area contributed by atoms with E-state index >= 15 is 0 Å². The molecule has 2 fully saturated rings. The lowest BCUT2D eigenvalue weighted by Crippen LogP contribution is -2.43. The maximum atomic E-state index is 12.8. The van der Waals surface area contributed by atoms with Gasteiger partial charge in [0.15, 0.2) is 0 Å². The smallest absolute Gasteiger partial charge is 0.224 e. The number of aromatic nitrogens is 1. The fourth-order valence-corrected chi connectivity index (χ4v) is 4.85. The molecule has 2 aliphatic heterocycles. The Morgan fingerprint density at radius 2 is 1.93 bits per heavy atom. The molecule has 5 heteroatoms. The van der Waals surface area contributed by atoms with Gasteiger partial charge in [0.05, 0.1) is 19.1 Å². The van der Waals surface area contributed by atoms with Crippen molar-refractivity contribution in [1.82, 2.24) is 15.2 Å². The molecule has 1 aromatic heterocycles. The number of carbonyl (C=O) groups is 1. The van der Waals surface area contributed by atoms with Gasteiger partial charge in [-0.2, -0.15) is 0 Å². The SMILES string of the molecule is Cc1[nH]c2ccccc2c1CC(=O)N[C@@H]1C[C@H]2CO[C@@H](c3ccccc3)CN2C1. The number of amides is 1. The van der Waals surface area contributed by atoms with Crippen molar-refractivity contribution in [3.05, 3.63) is 71.4 Å². The van der Waals surface area contributed by atoms with Crippen molar-refractivity contribution in [1.29, 1.82) is 0 Å². The number of nitrogens with one attached hydrogen (secondary N) is 2. The summed E-state index contributed by atoms with van der Waals surface area (Å²) in [5.41, 5.74) is 4.49. The number of rotatable bonds is 4. The molecule has 0 aliphatic carbocycles. The largest absolute Gasteiger partial charge is 0.371 e. The van der Waals surface area contributed by atoms with Crippen LogP contribution < -0.4 is 5.32 Å². The second-order valence-electron chi connectivity index (χ2n) is 8.29. The van der Waals surface area contributed by atoms with E-state index < -0.39 is 0 Å². The topological polar surface area (TPSA) is 57.4 Å². The summed E-state index contributed by atoms with van der Waals surface area (Å²) in [6, 6.07) is 19.2. The highest BCUT2D eigenvalue weighted by Crippen LogP contribution is 2.30. The summed E-state index contributed by atoms with van der Waals surface area (Å²) in [5.74, 6) is 0.100. The Morgan fingerprint density at radius 1 is 1.14 bits per heavy atom. The number of fused-ring (bicyclic) bond motifs is 2. The first-order valence-corrected chi connectivity index (χ1v) is 10.4. The number of carbonyl (C=O) groups excluding carboxylic acids is 1. The second-order valence-corrected chi connectivity index (χ2v) is 8.29. The van der Waals surface area contributed by atoms with Gasteiger partial charge in [-0.25, -0.2) is 0 Å². The van der Waals surface area contributed by atoms with Crippen molar-refractivity contribution in [2.45, 2.75) is 38.0 Å². The quantitative estimate of drug-likeness (QED) is 0.720. The molecule has 29 heavy (non-hydrogen) atoms. The molecule has 2 N–H and O–H groups in total. The molecule has 3 heterocycles. The summed E-state index contributed by atoms with van der Waals surface area (Å²) in [6.07, 6.45) is 1.50. The minimum absolute atomic E-state index is 0.100. The molecule has 0 saturated carbocycles. The Balaban J connectivity index is 1.21. The zero-order chi connectivity index (χ0) is 19.8. The lowest BCUT2D eigenvalue weighted by molar-refractivity contribution is -0.121. The normalized spacial score (nSPS) is 24.5. The van der Waals surface area contributed by atoms with Crippen LogP contribution in [0.1, 0.15) is 29.3 Å². The van der Waals surface area contributed by atoms with Gasteiger partial charge in [-0.1, -0.05) is 48.5 Å². The predicted octanol–water partition coefficient (Wildman–Crippen LogP) is 3.35. The van der Waals surface area contributed by atoms with Crippen LogP contribution in [0.25, 0.3) is 10.9 Å². The predicted molar refractivity (Wildman–Crippen MR) is 114 cm³/mol. The Morgan fingerprint density at radius 3 is 2.79 bits per heavy atom. The number of aromatic amines is 1. The van der Waals surface area contributed by atoms with Crippen LogP contribution in [0.5, 0.6) is 0 Å². The van der Waals surface area contributed by atoms with Crippen LogP contribution in [0, 0.1) is 6.92 Å². The molecule has 0 bridgehead atoms. The third-order valence-electron chi connectivity index (χ3n) is 6.32. The fraction of sp³-hybridized carbons (Fsp3) is 0.375. The average Bonchev–Trinajstić information content (AvgIpc) is 3.28. The maximum Gasteiger partial charge on any atom is 0.224 e. The molecule has 2 aromatic carbocycles. The number of ether oxygens (including phenoxy) is 1. The van der Waals surface area contributed by atoms with Crippen LogP contribution in [-0.4, -0.2) is 47.6 Å². The summed E-state index contributed by atoms with van der Waals surface area (Å²) in [5, 5.41) is 4.41. The molecule has 5 rings (SSSR count). The van der Waals surface area contributed by atoms with Crippen LogP contribution in [0.3, 0.4) is 0 Å². The minimum atomic E-state index is 0.100. The van der Waals surface area contributed by atoms with E-state index in [0.717, 1.165) is 48.3 Å². The zero-order valence-corrected chi connectivity index (χ0v) is 16.7. The third-order valence-corrected chi connectivity index (χ3v) is 6.32. The first kappa shape index (κ1) is 18.4. The first-order valence-electron chi connectivity index (χ1n) is 10.4. The second kappa shape index (κ2) is 7.65. The van der Waals surface area contributed by atoms with E-state index in [9.17, 15) is 4.79 Å². The number of morpholine rings is 1. The molecule has 150 valence electrons. The van der Waals surface area contributed by atoms with E-state index in [4.69, 9.17) is 4.74 Å². The number of hydrogen-bond donors (Lipinski definition) is 2. The van der Waals surface area contributed by atoms with Gasteiger partial charge in [0, 0.05) is 41.8 Å². The summed E-state index contributed by atoms with van der Waals surface area (Å²) < 4.78 is 6.12. The number of para-hydroxylation sites is 1. The highest BCUT2D eigenvalue weighted by atomic mass is 16.5. The van der Waals surface area contributed by atoms with Crippen molar-refractivity contribution in [2.24, 2.45) is 0 Å². The van der Waals surface area contributed by atoms with Crippen LogP contribution >= 0.6 is 0 Å². The van der Waals surface area contributed by atoms with Gasteiger partial charge in [-0.15, -0.1) is 0 Å². The van der Waals surface area contributed by atoms with Crippen molar-refractivity contribution in [2.75, 3.05) is 19.7 Å². The van der Waals surface area contributed by atoms with E-state index in [-0.39, 0.29) is 18.1 Å². The summed E-state index contributed by atoms with van der Waals surface area (Å²) >= 11 is 0. The van der Waals surface area contributed by atoms with E-state index in [1.807, 2.05) is 25.1 Å². The molecular formula is C24H27N3O2. The number of aryl methyl sites for hydroxylation is 1. The Kier molecular flexibility index (Phi) is 4.86. The molecule has 2 aliphatic rings. The summed E-state index contributed by atoms with van der Waals surface area (Å²) in [6.45, 7) is 4.56. The van der Waals surface area contributed by atoms with Gasteiger partial charge < -0.3 is 15.0 Å². The van der Waals surface area contributed by atoms with Gasteiger partial charge in [0.2, 0.25) is 5.91 Å². The van der Waals surface area contributed by atoms with Gasteiger partial charge in [-0.3, -0.25) is 9.69 Å². The van der Waals surface area contributed by atoms with Crippen LogP contribution in [-0.2, 0) is 16.0 Å². The fourth-order valence-electron chi connectivity index (χ4n) is 4.85. The van der Waals surface area contributed by atoms with Crippen molar-refractivity contribution >= 4 is 16.8 Å². The van der Waals surface area contributed by atoms with Gasteiger partial charge in [-0.05, 0) is 30.5 Å². The average molecular weight is 389 g/mol. The molecule has 3 atom stereocenters. The molecule has 0 spiro atoms. The first-order chi connectivity index (χ1) is 14.2. The highest BCUT2D eigenvalue weighted by molar-refractivity contribution is 5.90. The van der Waals surface area contributed by atoms with Crippen LogP contribution in [0.2, 0.25) is 0 Å². The number of benzene rings is 2. The lowest BCUT2D eigenvalue weighted by Gasteiger charge is -2.35.